The Hall–Kier alpha value is -0.610. The third kappa shape index (κ3) is 1.88. The van der Waals surface area contributed by atoms with Crippen LogP contribution in [0.4, 0.5) is 0 Å². The topological polar surface area (TPSA) is 49.8 Å². The van der Waals surface area contributed by atoms with Gasteiger partial charge in [-0.05, 0) is 32.6 Å². The molecule has 2 aliphatic rings. The minimum absolute atomic E-state index is 0.0125. The van der Waals surface area contributed by atoms with Crippen LogP contribution in [-0.4, -0.2) is 47.3 Å². The molecule has 0 bridgehead atoms. The number of ether oxygens (including phenoxy) is 1. The van der Waals surface area contributed by atoms with E-state index in [-0.39, 0.29) is 18.6 Å². The Labute approximate surface area is 90.2 Å². The van der Waals surface area contributed by atoms with Crippen molar-refractivity contribution in [3.05, 3.63) is 0 Å². The Kier molecular flexibility index (Phi) is 2.98. The van der Waals surface area contributed by atoms with Crippen LogP contribution in [0.5, 0.6) is 0 Å². The Morgan fingerprint density at radius 1 is 1.60 bits per heavy atom. The summed E-state index contributed by atoms with van der Waals surface area (Å²) in [4.78, 5) is 14.0. The van der Waals surface area contributed by atoms with Gasteiger partial charge in [0.05, 0.1) is 12.6 Å². The predicted molar refractivity (Wildman–Crippen MR) is 55.4 cm³/mol. The van der Waals surface area contributed by atoms with Crippen LogP contribution in [0.1, 0.15) is 32.6 Å². The summed E-state index contributed by atoms with van der Waals surface area (Å²) in [7, 11) is 0. The van der Waals surface area contributed by atoms with Gasteiger partial charge in [-0.15, -0.1) is 0 Å². The summed E-state index contributed by atoms with van der Waals surface area (Å²) in [5, 5.41) is 9.18. The fraction of sp³-hybridized carbons (Fsp3) is 0.909. The summed E-state index contributed by atoms with van der Waals surface area (Å²) in [6, 6.07) is 0.0125. The van der Waals surface area contributed by atoms with Crippen LogP contribution in [0.2, 0.25) is 0 Å². The highest BCUT2D eigenvalue weighted by Gasteiger charge is 2.43. The number of carbonyl (C=O) groups excluding carboxylic acids is 1. The zero-order chi connectivity index (χ0) is 10.9. The van der Waals surface area contributed by atoms with Gasteiger partial charge in [-0.2, -0.15) is 0 Å². The van der Waals surface area contributed by atoms with E-state index in [0.717, 1.165) is 32.2 Å². The average molecular weight is 213 g/mol. The SMILES string of the molecule is CC1(C(=O)N2CCC[C@@H]2CO)CCCO1. The van der Waals surface area contributed by atoms with Crippen molar-refractivity contribution < 1.29 is 14.6 Å². The number of hydrogen-bond acceptors (Lipinski definition) is 3. The first-order valence-electron chi connectivity index (χ1n) is 5.73. The lowest BCUT2D eigenvalue weighted by molar-refractivity contribution is -0.152. The second-order valence-electron chi connectivity index (χ2n) is 4.66. The summed E-state index contributed by atoms with van der Waals surface area (Å²) in [5.41, 5.74) is -0.627. The third-order valence-electron chi connectivity index (χ3n) is 3.52. The van der Waals surface area contributed by atoms with Crippen molar-refractivity contribution in [1.29, 1.82) is 0 Å². The fourth-order valence-corrected chi connectivity index (χ4v) is 2.54. The molecular weight excluding hydrogens is 194 g/mol. The molecule has 4 heteroatoms. The summed E-state index contributed by atoms with van der Waals surface area (Å²) < 4.78 is 5.53. The molecule has 2 saturated heterocycles. The molecule has 15 heavy (non-hydrogen) atoms. The summed E-state index contributed by atoms with van der Waals surface area (Å²) in [6.45, 7) is 3.39. The highest BCUT2D eigenvalue weighted by atomic mass is 16.5. The van der Waals surface area contributed by atoms with E-state index in [4.69, 9.17) is 4.74 Å². The van der Waals surface area contributed by atoms with E-state index in [1.807, 2.05) is 6.92 Å². The molecule has 0 saturated carbocycles. The lowest BCUT2D eigenvalue weighted by atomic mass is 10.0. The van der Waals surface area contributed by atoms with Crippen LogP contribution >= 0.6 is 0 Å². The molecule has 0 spiro atoms. The third-order valence-corrected chi connectivity index (χ3v) is 3.52. The zero-order valence-electron chi connectivity index (χ0n) is 9.24. The van der Waals surface area contributed by atoms with Gasteiger partial charge in [0.2, 0.25) is 0 Å². The van der Waals surface area contributed by atoms with Gasteiger partial charge in [0.1, 0.15) is 5.60 Å². The normalized spacial score (nSPS) is 36.1. The lowest BCUT2D eigenvalue weighted by Crippen LogP contribution is -2.49. The molecule has 1 amide bonds. The highest BCUT2D eigenvalue weighted by Crippen LogP contribution is 2.30. The number of aliphatic hydroxyl groups is 1. The fourth-order valence-electron chi connectivity index (χ4n) is 2.54. The van der Waals surface area contributed by atoms with Crippen LogP contribution in [0, 0.1) is 0 Å². The first-order valence-corrected chi connectivity index (χ1v) is 5.73. The number of nitrogens with zero attached hydrogens (tertiary/aromatic N) is 1. The minimum atomic E-state index is -0.627. The maximum absolute atomic E-state index is 12.2. The molecule has 0 aliphatic carbocycles. The first-order chi connectivity index (χ1) is 7.17. The van der Waals surface area contributed by atoms with Crippen molar-refractivity contribution in [3.63, 3.8) is 0 Å². The van der Waals surface area contributed by atoms with E-state index in [1.165, 1.54) is 0 Å². The van der Waals surface area contributed by atoms with Gasteiger partial charge in [0, 0.05) is 13.2 Å². The maximum Gasteiger partial charge on any atom is 0.254 e. The van der Waals surface area contributed by atoms with Crippen LogP contribution < -0.4 is 0 Å². The van der Waals surface area contributed by atoms with Crippen molar-refractivity contribution in [3.8, 4) is 0 Å². The molecule has 2 fully saturated rings. The number of aliphatic hydroxyl groups excluding tert-OH is 1. The number of carbonyl (C=O) groups is 1. The largest absolute Gasteiger partial charge is 0.394 e. The lowest BCUT2D eigenvalue weighted by Gasteiger charge is -2.31. The van der Waals surface area contributed by atoms with E-state index in [9.17, 15) is 9.90 Å². The summed E-state index contributed by atoms with van der Waals surface area (Å²) in [6.07, 6.45) is 3.67. The molecule has 86 valence electrons. The van der Waals surface area contributed by atoms with Crippen LogP contribution in [0.3, 0.4) is 0 Å². The molecule has 0 aromatic rings. The van der Waals surface area contributed by atoms with Crippen molar-refractivity contribution in [2.45, 2.75) is 44.2 Å². The second-order valence-corrected chi connectivity index (χ2v) is 4.66. The van der Waals surface area contributed by atoms with Gasteiger partial charge in [-0.3, -0.25) is 4.79 Å². The number of rotatable bonds is 2. The van der Waals surface area contributed by atoms with E-state index < -0.39 is 5.60 Å². The molecule has 1 N–H and O–H groups in total. The van der Waals surface area contributed by atoms with Crippen LogP contribution in [0.15, 0.2) is 0 Å². The van der Waals surface area contributed by atoms with Crippen LogP contribution in [0.25, 0.3) is 0 Å². The quantitative estimate of drug-likeness (QED) is 0.728. The van der Waals surface area contributed by atoms with Gasteiger partial charge in [-0.1, -0.05) is 0 Å². The Morgan fingerprint density at radius 3 is 3.00 bits per heavy atom. The Balaban J connectivity index is 2.06. The molecule has 2 aliphatic heterocycles. The average Bonchev–Trinajstić information content (AvgIpc) is 2.85. The van der Waals surface area contributed by atoms with Gasteiger partial charge >= 0.3 is 0 Å². The first kappa shape index (κ1) is 10.9. The molecule has 0 aromatic heterocycles. The van der Waals surface area contributed by atoms with Crippen molar-refractivity contribution in [2.24, 2.45) is 0 Å². The molecule has 2 atom stereocenters. The Morgan fingerprint density at radius 2 is 2.40 bits per heavy atom. The number of likely N-dealkylation sites (tertiary alicyclic amines) is 1. The second kappa shape index (κ2) is 4.10. The van der Waals surface area contributed by atoms with E-state index in [1.54, 1.807) is 4.90 Å². The molecule has 2 rings (SSSR count). The monoisotopic (exact) mass is 213 g/mol. The molecule has 2 heterocycles. The van der Waals surface area contributed by atoms with Gasteiger partial charge in [0.15, 0.2) is 0 Å². The molecule has 1 unspecified atom stereocenters. The van der Waals surface area contributed by atoms with Gasteiger partial charge in [0.25, 0.3) is 5.91 Å². The minimum Gasteiger partial charge on any atom is -0.394 e. The summed E-state index contributed by atoms with van der Waals surface area (Å²) >= 11 is 0. The predicted octanol–water partition coefficient (Wildman–Crippen LogP) is 0.539. The van der Waals surface area contributed by atoms with Crippen molar-refractivity contribution in [2.75, 3.05) is 19.8 Å². The molecular formula is C11H19NO3. The number of amides is 1. The van der Waals surface area contributed by atoms with Crippen molar-refractivity contribution in [1.82, 2.24) is 4.90 Å². The van der Waals surface area contributed by atoms with Crippen LogP contribution in [-0.2, 0) is 9.53 Å². The van der Waals surface area contributed by atoms with E-state index in [0.29, 0.717) is 6.61 Å². The molecule has 0 radical (unpaired) electrons. The maximum atomic E-state index is 12.2. The van der Waals surface area contributed by atoms with E-state index >= 15 is 0 Å². The van der Waals surface area contributed by atoms with Crippen molar-refractivity contribution >= 4 is 5.91 Å². The Bertz CT molecular complexity index is 248. The molecule has 4 nitrogen and oxygen atoms in total. The number of hydrogen-bond donors (Lipinski definition) is 1. The van der Waals surface area contributed by atoms with Gasteiger partial charge in [-0.25, -0.2) is 0 Å². The van der Waals surface area contributed by atoms with E-state index in [2.05, 4.69) is 0 Å². The van der Waals surface area contributed by atoms with Gasteiger partial charge < -0.3 is 14.7 Å². The molecule has 0 aromatic carbocycles. The summed E-state index contributed by atoms with van der Waals surface area (Å²) in [5.74, 6) is 0.0663. The standard InChI is InChI=1S/C11H19NO3/c1-11(5-3-7-15-11)10(14)12-6-2-4-9(12)8-13/h9,13H,2-8H2,1H3/t9-,11?/m1/s1. The highest BCUT2D eigenvalue weighted by molar-refractivity contribution is 5.85. The zero-order valence-corrected chi connectivity index (χ0v) is 9.24. The smallest absolute Gasteiger partial charge is 0.254 e.